The number of rotatable bonds is 12. The van der Waals surface area contributed by atoms with Crippen LogP contribution in [0, 0.1) is 6.92 Å². The molecule has 6 rings (SSSR count). The van der Waals surface area contributed by atoms with Crippen LogP contribution in [0.3, 0.4) is 0 Å². The fraction of sp³-hybridized carbons (Fsp3) is 0.395. The molecule has 1 N–H and O–H groups in total. The summed E-state index contributed by atoms with van der Waals surface area (Å²) in [7, 11) is -2.55. The molecule has 3 heterocycles. The molecular weight excluding hydrogens is 641 g/mol. The van der Waals surface area contributed by atoms with E-state index in [2.05, 4.69) is 33.7 Å². The van der Waals surface area contributed by atoms with E-state index < -0.39 is 15.9 Å². The van der Waals surface area contributed by atoms with Crippen LogP contribution in [0.2, 0.25) is 0 Å². The first-order valence-electron chi connectivity index (χ1n) is 17.1. The number of ether oxygens (including phenoxy) is 1. The van der Waals surface area contributed by atoms with Gasteiger partial charge in [0.05, 0.1) is 18.6 Å². The third-order valence-electron chi connectivity index (χ3n) is 9.68. The van der Waals surface area contributed by atoms with Crippen LogP contribution in [0.5, 0.6) is 5.75 Å². The second-order valence-electron chi connectivity index (χ2n) is 13.0. The summed E-state index contributed by atoms with van der Waals surface area (Å²) in [5, 5.41) is 1.06. The number of amides is 3. The Hall–Kier alpha value is -4.64. The number of likely N-dealkylation sites (tertiary alicyclic amines) is 2. The van der Waals surface area contributed by atoms with Gasteiger partial charge in [-0.25, -0.2) is 13.1 Å². The Kier molecular flexibility index (Phi) is 10.4. The van der Waals surface area contributed by atoms with E-state index in [0.29, 0.717) is 43.5 Å². The Morgan fingerprint density at radius 3 is 2.10 bits per heavy atom. The fourth-order valence-corrected chi connectivity index (χ4v) is 8.16. The van der Waals surface area contributed by atoms with Crippen LogP contribution in [0.15, 0.2) is 71.8 Å². The summed E-state index contributed by atoms with van der Waals surface area (Å²) in [5.41, 5.74) is 4.61. The van der Waals surface area contributed by atoms with Gasteiger partial charge in [0.1, 0.15) is 5.75 Å². The Morgan fingerprint density at radius 1 is 0.796 bits per heavy atom. The zero-order valence-electron chi connectivity index (χ0n) is 28.2. The van der Waals surface area contributed by atoms with E-state index in [4.69, 9.17) is 4.74 Å². The van der Waals surface area contributed by atoms with Crippen LogP contribution in [0.4, 0.5) is 0 Å². The molecule has 0 saturated carbocycles. The number of methoxy groups -OCH3 is 1. The minimum atomic E-state index is -4.07. The maximum absolute atomic E-state index is 13.1. The van der Waals surface area contributed by atoms with Crippen molar-refractivity contribution in [3.05, 3.63) is 94.7 Å². The van der Waals surface area contributed by atoms with E-state index in [1.165, 1.54) is 13.2 Å². The van der Waals surface area contributed by atoms with Crippen LogP contribution in [-0.4, -0.2) is 73.8 Å². The molecule has 4 aromatic rings. The SMILES string of the molecule is COc1cc(C(=O)NS(=O)(=O)c2ccccc2C)ccc1Cn1cc(CCC(=O)N2CCCC2)c2ccc(CCC(=O)N3CCCC3)cc21. The molecule has 0 spiro atoms. The number of carbonyl (C=O) groups is 3. The Balaban J connectivity index is 1.25. The summed E-state index contributed by atoms with van der Waals surface area (Å²) in [4.78, 5) is 42.7. The molecule has 2 fully saturated rings. The second kappa shape index (κ2) is 14.9. The monoisotopic (exact) mass is 684 g/mol. The summed E-state index contributed by atoms with van der Waals surface area (Å²) >= 11 is 0. The molecule has 11 heteroatoms. The van der Waals surface area contributed by atoms with Gasteiger partial charge in [0.25, 0.3) is 15.9 Å². The lowest BCUT2D eigenvalue weighted by Crippen LogP contribution is -2.31. The lowest BCUT2D eigenvalue weighted by Gasteiger charge is -2.15. The smallest absolute Gasteiger partial charge is 0.265 e. The van der Waals surface area contributed by atoms with E-state index in [1.807, 2.05) is 9.80 Å². The minimum absolute atomic E-state index is 0.0455. The molecule has 3 amide bonds. The van der Waals surface area contributed by atoms with Gasteiger partial charge >= 0.3 is 0 Å². The van der Waals surface area contributed by atoms with Gasteiger partial charge in [-0.1, -0.05) is 36.4 Å². The minimum Gasteiger partial charge on any atom is -0.496 e. The first-order valence-corrected chi connectivity index (χ1v) is 18.6. The lowest BCUT2D eigenvalue weighted by molar-refractivity contribution is -0.130. The molecule has 0 radical (unpaired) electrons. The Labute approximate surface area is 288 Å². The van der Waals surface area contributed by atoms with Crippen molar-refractivity contribution in [3.63, 3.8) is 0 Å². The topological polar surface area (TPSA) is 118 Å². The van der Waals surface area contributed by atoms with Crippen LogP contribution < -0.4 is 9.46 Å². The Morgan fingerprint density at radius 2 is 1.45 bits per heavy atom. The number of hydrogen-bond acceptors (Lipinski definition) is 6. The first kappa shape index (κ1) is 34.2. The van der Waals surface area contributed by atoms with Crippen molar-refractivity contribution >= 4 is 38.6 Å². The van der Waals surface area contributed by atoms with E-state index >= 15 is 0 Å². The van der Waals surface area contributed by atoms with Gasteiger partial charge in [0.15, 0.2) is 0 Å². The lowest BCUT2D eigenvalue weighted by atomic mass is 10.0. The number of aryl methyl sites for hydroxylation is 3. The molecule has 0 bridgehead atoms. The predicted molar refractivity (Wildman–Crippen MR) is 188 cm³/mol. The second-order valence-corrected chi connectivity index (χ2v) is 14.7. The molecule has 3 aromatic carbocycles. The fourth-order valence-electron chi connectivity index (χ4n) is 6.94. The van der Waals surface area contributed by atoms with Crippen molar-refractivity contribution in [1.29, 1.82) is 0 Å². The molecule has 258 valence electrons. The van der Waals surface area contributed by atoms with E-state index in [1.54, 1.807) is 43.3 Å². The number of sulfonamides is 1. The number of fused-ring (bicyclic) bond motifs is 1. The van der Waals surface area contributed by atoms with Crippen molar-refractivity contribution in [1.82, 2.24) is 19.1 Å². The number of carbonyl (C=O) groups excluding carboxylic acids is 3. The van der Waals surface area contributed by atoms with Crippen molar-refractivity contribution < 1.29 is 27.5 Å². The van der Waals surface area contributed by atoms with Gasteiger partial charge in [0, 0.05) is 67.2 Å². The summed E-state index contributed by atoms with van der Waals surface area (Å²) in [5.74, 6) is 0.0589. The van der Waals surface area contributed by atoms with Crippen molar-refractivity contribution in [2.75, 3.05) is 33.3 Å². The molecule has 2 aliphatic heterocycles. The summed E-state index contributed by atoms with van der Waals surface area (Å²) in [6.07, 6.45) is 8.46. The summed E-state index contributed by atoms with van der Waals surface area (Å²) in [6, 6.07) is 17.7. The van der Waals surface area contributed by atoms with Gasteiger partial charge in [-0.3, -0.25) is 14.4 Å². The third-order valence-corrected chi connectivity index (χ3v) is 11.2. The molecule has 0 atom stereocenters. The number of benzene rings is 3. The summed E-state index contributed by atoms with van der Waals surface area (Å²) < 4.78 is 35.9. The molecule has 2 saturated heterocycles. The highest BCUT2D eigenvalue weighted by atomic mass is 32.2. The highest BCUT2D eigenvalue weighted by molar-refractivity contribution is 7.90. The molecule has 1 aromatic heterocycles. The highest BCUT2D eigenvalue weighted by Gasteiger charge is 2.23. The zero-order chi connectivity index (χ0) is 34.5. The maximum Gasteiger partial charge on any atom is 0.265 e. The van der Waals surface area contributed by atoms with Crippen LogP contribution >= 0.6 is 0 Å². The zero-order valence-corrected chi connectivity index (χ0v) is 29.1. The van der Waals surface area contributed by atoms with Gasteiger partial charge < -0.3 is 19.1 Å². The molecular formula is C38H44N4O6S. The largest absolute Gasteiger partial charge is 0.496 e. The quantitative estimate of drug-likeness (QED) is 0.218. The van der Waals surface area contributed by atoms with Gasteiger partial charge in [-0.2, -0.15) is 0 Å². The molecule has 0 aliphatic carbocycles. The van der Waals surface area contributed by atoms with Crippen LogP contribution in [0.25, 0.3) is 10.9 Å². The van der Waals surface area contributed by atoms with Crippen LogP contribution in [-0.2, 0) is 39.0 Å². The normalized spacial score (nSPS) is 14.8. The van der Waals surface area contributed by atoms with Gasteiger partial charge in [0.2, 0.25) is 11.8 Å². The van der Waals surface area contributed by atoms with Gasteiger partial charge in [-0.05, 0) is 86.4 Å². The van der Waals surface area contributed by atoms with Gasteiger partial charge in [-0.15, -0.1) is 0 Å². The average Bonchev–Trinajstić information content (AvgIpc) is 3.89. The summed E-state index contributed by atoms with van der Waals surface area (Å²) in [6.45, 7) is 5.42. The average molecular weight is 685 g/mol. The molecule has 2 aliphatic rings. The molecule has 49 heavy (non-hydrogen) atoms. The van der Waals surface area contributed by atoms with Crippen LogP contribution in [0.1, 0.15) is 71.1 Å². The number of hydrogen-bond donors (Lipinski definition) is 1. The van der Waals surface area contributed by atoms with E-state index in [9.17, 15) is 22.8 Å². The highest BCUT2D eigenvalue weighted by Crippen LogP contribution is 2.29. The molecule has 0 unspecified atom stereocenters. The number of nitrogens with one attached hydrogen (secondary N) is 1. The number of aromatic nitrogens is 1. The van der Waals surface area contributed by atoms with Crippen molar-refractivity contribution in [2.45, 2.75) is 69.7 Å². The molecule has 10 nitrogen and oxygen atoms in total. The standard InChI is InChI=1S/C38H44N4O6S/c1-27-9-3-4-10-35(27)49(46,47)39-38(45)29-13-14-31(34(24-29)48-2)26-42-25-30(15-18-37(44)41-21-7-8-22-41)32-16-11-28(23-33(32)42)12-17-36(43)40-19-5-6-20-40/h3-4,9-11,13-14,16,23-25H,5-8,12,15,17-22,26H2,1-2H3,(H,39,45). The number of nitrogens with zero attached hydrogens (tertiary/aromatic N) is 3. The Bertz CT molecular complexity index is 1970. The maximum atomic E-state index is 13.1. The third kappa shape index (κ3) is 7.83. The predicted octanol–water partition coefficient (Wildman–Crippen LogP) is 5.24. The van der Waals surface area contributed by atoms with Crippen molar-refractivity contribution in [3.8, 4) is 5.75 Å². The first-order chi connectivity index (χ1) is 23.6. The van der Waals surface area contributed by atoms with Crippen molar-refractivity contribution in [2.24, 2.45) is 0 Å². The van der Waals surface area contributed by atoms with E-state index in [0.717, 1.165) is 79.5 Å². The van der Waals surface area contributed by atoms with E-state index in [-0.39, 0.29) is 22.3 Å².